The van der Waals surface area contributed by atoms with Gasteiger partial charge in [0.1, 0.15) is 6.29 Å². The van der Waals surface area contributed by atoms with Crippen LogP contribution in [-0.2, 0) is 9.53 Å². The molecule has 1 N–H and O–H groups in total. The third-order valence-electron chi connectivity index (χ3n) is 3.27. The molecule has 0 aromatic heterocycles. The van der Waals surface area contributed by atoms with E-state index in [-0.39, 0.29) is 5.92 Å². The molecule has 2 unspecified atom stereocenters. The molecular weight excluding hydrogens is 204 g/mol. The second-order valence-electron chi connectivity index (χ2n) is 4.77. The maximum absolute atomic E-state index is 10.7. The zero-order valence-electron chi connectivity index (χ0n) is 10.2. The van der Waals surface area contributed by atoms with E-state index >= 15 is 0 Å². The van der Waals surface area contributed by atoms with Gasteiger partial charge in [-0.2, -0.15) is 0 Å². The summed E-state index contributed by atoms with van der Waals surface area (Å²) >= 11 is 0. The Labute approximate surface area is 97.5 Å². The first-order chi connectivity index (χ1) is 7.57. The highest BCUT2D eigenvalue weighted by Gasteiger charge is 2.19. The van der Waals surface area contributed by atoms with E-state index < -0.39 is 5.79 Å². The third-order valence-corrected chi connectivity index (χ3v) is 3.27. The summed E-state index contributed by atoms with van der Waals surface area (Å²) in [6.45, 7) is 1.68. The lowest BCUT2D eigenvalue weighted by Gasteiger charge is -2.22. The van der Waals surface area contributed by atoms with Gasteiger partial charge in [-0.05, 0) is 39.0 Å². The smallest absolute Gasteiger partial charge is 0.162 e. The summed E-state index contributed by atoms with van der Waals surface area (Å²) in [4.78, 5) is 10.7. The monoisotopic (exact) mass is 226 g/mol. The minimum atomic E-state index is -1.01. The van der Waals surface area contributed by atoms with Crippen LogP contribution in [0.25, 0.3) is 0 Å². The first-order valence-corrected chi connectivity index (χ1v) is 5.98. The van der Waals surface area contributed by atoms with E-state index in [1.807, 2.05) is 0 Å². The summed E-state index contributed by atoms with van der Waals surface area (Å²) in [6, 6.07) is 0. The first kappa shape index (κ1) is 13.4. The molecule has 0 amide bonds. The summed E-state index contributed by atoms with van der Waals surface area (Å²) in [5, 5.41) is 9.65. The van der Waals surface area contributed by atoms with Gasteiger partial charge in [-0.25, -0.2) is 0 Å². The molecule has 1 aliphatic carbocycles. The molecule has 2 atom stereocenters. The van der Waals surface area contributed by atoms with E-state index in [1.165, 1.54) is 12.7 Å². The lowest BCUT2D eigenvalue weighted by Crippen LogP contribution is -2.26. The molecule has 0 aliphatic heterocycles. The normalized spacial score (nSPS) is 24.7. The fourth-order valence-electron chi connectivity index (χ4n) is 2.09. The number of carbonyl (C=O) groups excluding carboxylic acids is 1. The van der Waals surface area contributed by atoms with Crippen LogP contribution in [0.5, 0.6) is 0 Å². The molecule has 16 heavy (non-hydrogen) atoms. The van der Waals surface area contributed by atoms with Crippen LogP contribution < -0.4 is 0 Å². The van der Waals surface area contributed by atoms with Crippen LogP contribution in [0.1, 0.15) is 45.4 Å². The van der Waals surface area contributed by atoms with Gasteiger partial charge in [0, 0.05) is 19.4 Å². The van der Waals surface area contributed by atoms with E-state index in [0.717, 1.165) is 38.4 Å². The van der Waals surface area contributed by atoms with Gasteiger partial charge >= 0.3 is 0 Å². The Balaban J connectivity index is 2.28. The highest BCUT2D eigenvalue weighted by atomic mass is 16.6. The lowest BCUT2D eigenvalue weighted by atomic mass is 9.87. The van der Waals surface area contributed by atoms with E-state index in [9.17, 15) is 9.90 Å². The van der Waals surface area contributed by atoms with Gasteiger partial charge in [0.25, 0.3) is 0 Å². The number of aldehydes is 1. The van der Waals surface area contributed by atoms with E-state index in [1.54, 1.807) is 6.92 Å². The number of rotatable bonds is 6. The number of aliphatic hydroxyl groups is 1. The number of ether oxygens (including phenoxy) is 1. The van der Waals surface area contributed by atoms with Crippen molar-refractivity contribution in [2.24, 2.45) is 5.92 Å². The Bertz CT molecular complexity index is 256. The summed E-state index contributed by atoms with van der Waals surface area (Å²) in [6.07, 6.45) is 8.70. The molecule has 0 saturated carbocycles. The van der Waals surface area contributed by atoms with Crippen LogP contribution in [0.3, 0.4) is 0 Å². The topological polar surface area (TPSA) is 46.5 Å². The number of hydrogen-bond donors (Lipinski definition) is 1. The molecule has 1 aliphatic rings. The minimum absolute atomic E-state index is 0.211. The molecule has 0 bridgehead atoms. The average molecular weight is 226 g/mol. The van der Waals surface area contributed by atoms with Crippen molar-refractivity contribution in [3.05, 3.63) is 11.6 Å². The molecule has 0 aromatic carbocycles. The van der Waals surface area contributed by atoms with Gasteiger partial charge in [0.15, 0.2) is 5.79 Å². The Hall–Kier alpha value is -0.670. The predicted molar refractivity (Wildman–Crippen MR) is 63.0 cm³/mol. The zero-order chi connectivity index (χ0) is 12.0. The largest absolute Gasteiger partial charge is 0.366 e. The van der Waals surface area contributed by atoms with Crippen molar-refractivity contribution in [3.63, 3.8) is 0 Å². The predicted octanol–water partition coefficient (Wildman–Crippen LogP) is 2.44. The average Bonchev–Trinajstić information content (AvgIpc) is 2.29. The molecular formula is C13H22O3. The molecule has 1 rings (SSSR count). The number of allylic oxidation sites excluding steroid dienone is 2. The molecule has 0 aromatic rings. The quantitative estimate of drug-likeness (QED) is 0.430. The summed E-state index contributed by atoms with van der Waals surface area (Å²) in [5.74, 6) is -0.804. The van der Waals surface area contributed by atoms with Crippen LogP contribution in [-0.4, -0.2) is 24.3 Å². The molecule has 0 heterocycles. The molecule has 0 fully saturated rings. The van der Waals surface area contributed by atoms with Gasteiger partial charge in [-0.1, -0.05) is 11.6 Å². The molecule has 3 heteroatoms. The summed E-state index contributed by atoms with van der Waals surface area (Å²) in [7, 11) is 1.52. The van der Waals surface area contributed by atoms with Crippen molar-refractivity contribution >= 4 is 6.29 Å². The van der Waals surface area contributed by atoms with Crippen LogP contribution in [0.2, 0.25) is 0 Å². The van der Waals surface area contributed by atoms with Crippen molar-refractivity contribution < 1.29 is 14.6 Å². The highest BCUT2D eigenvalue weighted by molar-refractivity contribution is 5.54. The number of methoxy groups -OCH3 is 1. The van der Waals surface area contributed by atoms with Crippen LogP contribution >= 0.6 is 0 Å². The minimum Gasteiger partial charge on any atom is -0.366 e. The summed E-state index contributed by atoms with van der Waals surface area (Å²) < 4.78 is 4.95. The first-order valence-electron chi connectivity index (χ1n) is 5.98. The molecule has 92 valence electrons. The van der Waals surface area contributed by atoms with Gasteiger partial charge < -0.3 is 14.6 Å². The fraction of sp³-hybridized carbons (Fsp3) is 0.769. The summed E-state index contributed by atoms with van der Waals surface area (Å²) in [5.41, 5.74) is 1.36. The van der Waals surface area contributed by atoms with E-state index in [4.69, 9.17) is 4.74 Å². The van der Waals surface area contributed by atoms with E-state index in [0.29, 0.717) is 6.42 Å². The highest BCUT2D eigenvalue weighted by Crippen LogP contribution is 2.27. The van der Waals surface area contributed by atoms with Crippen molar-refractivity contribution in [1.29, 1.82) is 0 Å². The fourth-order valence-corrected chi connectivity index (χ4v) is 2.09. The van der Waals surface area contributed by atoms with E-state index in [2.05, 4.69) is 6.08 Å². The van der Waals surface area contributed by atoms with Crippen molar-refractivity contribution in [3.8, 4) is 0 Å². The number of hydrogen-bond acceptors (Lipinski definition) is 3. The molecule has 0 spiro atoms. The Morgan fingerprint density at radius 2 is 2.44 bits per heavy atom. The molecule has 0 saturated heterocycles. The lowest BCUT2D eigenvalue weighted by molar-refractivity contribution is -0.175. The second-order valence-corrected chi connectivity index (χ2v) is 4.77. The van der Waals surface area contributed by atoms with Gasteiger partial charge in [-0.3, -0.25) is 0 Å². The SMILES string of the molecule is COC(C)(O)CCCC1=CCCC(C=O)C1. The Morgan fingerprint density at radius 1 is 1.69 bits per heavy atom. The maximum atomic E-state index is 10.7. The van der Waals surface area contributed by atoms with Gasteiger partial charge in [-0.15, -0.1) is 0 Å². The molecule has 3 nitrogen and oxygen atoms in total. The van der Waals surface area contributed by atoms with Crippen molar-refractivity contribution in [1.82, 2.24) is 0 Å². The maximum Gasteiger partial charge on any atom is 0.162 e. The van der Waals surface area contributed by atoms with Crippen molar-refractivity contribution in [2.45, 2.75) is 51.2 Å². The second kappa shape index (κ2) is 6.16. The van der Waals surface area contributed by atoms with Crippen LogP contribution in [0, 0.1) is 5.92 Å². The number of carbonyl (C=O) groups is 1. The zero-order valence-corrected chi connectivity index (χ0v) is 10.2. The van der Waals surface area contributed by atoms with Gasteiger partial charge in [0.05, 0.1) is 0 Å². The van der Waals surface area contributed by atoms with Crippen LogP contribution in [0.15, 0.2) is 11.6 Å². The van der Waals surface area contributed by atoms with Crippen molar-refractivity contribution in [2.75, 3.05) is 7.11 Å². The van der Waals surface area contributed by atoms with Gasteiger partial charge in [0.2, 0.25) is 0 Å². The third kappa shape index (κ3) is 4.45. The Kier molecular flexibility index (Phi) is 5.16. The standard InChI is InChI=1S/C13H22O3/c1-13(15,16-2)8-4-7-11-5-3-6-12(9-11)10-14/h5,10,12,15H,3-4,6-9H2,1-2H3. The Morgan fingerprint density at radius 3 is 3.06 bits per heavy atom. The molecule has 0 radical (unpaired) electrons. The van der Waals surface area contributed by atoms with Crippen LogP contribution in [0.4, 0.5) is 0 Å².